The largest absolute Gasteiger partial charge is 0.381 e. The highest BCUT2D eigenvalue weighted by molar-refractivity contribution is 6.07. The summed E-state index contributed by atoms with van der Waals surface area (Å²) in [5, 5.41) is 15.1. The Kier molecular flexibility index (Phi) is 4.95. The number of rotatable bonds is 5. The van der Waals surface area contributed by atoms with Crippen LogP contribution in [0, 0.1) is 0 Å². The van der Waals surface area contributed by atoms with Crippen LogP contribution in [-0.4, -0.2) is 32.6 Å². The fourth-order valence-corrected chi connectivity index (χ4v) is 3.94. The molecule has 0 spiro atoms. The summed E-state index contributed by atoms with van der Waals surface area (Å²) < 4.78 is 0. The van der Waals surface area contributed by atoms with Crippen molar-refractivity contribution >= 4 is 28.3 Å². The Morgan fingerprint density at radius 1 is 1.06 bits per heavy atom. The Labute approximate surface area is 179 Å². The highest BCUT2D eigenvalue weighted by Crippen LogP contribution is 2.32. The minimum Gasteiger partial charge on any atom is -0.381 e. The van der Waals surface area contributed by atoms with Gasteiger partial charge in [0, 0.05) is 18.5 Å². The highest BCUT2D eigenvalue weighted by Gasteiger charge is 2.21. The summed E-state index contributed by atoms with van der Waals surface area (Å²) in [7, 11) is 0. The number of hydrogen-bond acceptors (Lipinski definition) is 6. The number of para-hydroxylation sites is 1. The molecule has 1 amide bonds. The summed E-state index contributed by atoms with van der Waals surface area (Å²) in [5.74, 6) is 0.775. The molecule has 0 bridgehead atoms. The Morgan fingerprint density at radius 3 is 2.77 bits per heavy atom. The van der Waals surface area contributed by atoms with E-state index in [0.29, 0.717) is 29.1 Å². The second kappa shape index (κ2) is 8.06. The summed E-state index contributed by atoms with van der Waals surface area (Å²) in [5.41, 5.74) is 10.2. The molecule has 2 aromatic carbocycles. The third-order valence-corrected chi connectivity index (χ3v) is 5.51. The van der Waals surface area contributed by atoms with Crippen LogP contribution in [0.1, 0.15) is 34.5 Å². The van der Waals surface area contributed by atoms with Crippen molar-refractivity contribution in [2.45, 2.75) is 25.8 Å². The molecule has 8 nitrogen and oxygen atoms in total. The number of nitrogens with zero attached hydrogens (tertiary/aromatic N) is 3. The van der Waals surface area contributed by atoms with Crippen LogP contribution in [0.15, 0.2) is 48.5 Å². The number of benzene rings is 2. The molecule has 5 N–H and O–H groups in total. The molecule has 0 fully saturated rings. The number of primary amides is 1. The molecule has 0 aliphatic carbocycles. The molecule has 2 aromatic heterocycles. The van der Waals surface area contributed by atoms with Crippen molar-refractivity contribution in [3.8, 4) is 11.5 Å². The van der Waals surface area contributed by atoms with Crippen LogP contribution in [0.25, 0.3) is 22.4 Å². The van der Waals surface area contributed by atoms with Crippen molar-refractivity contribution in [2.75, 3.05) is 17.2 Å². The molecule has 3 heterocycles. The zero-order valence-corrected chi connectivity index (χ0v) is 17.0. The molecule has 4 aromatic rings. The number of carbonyl (C=O) groups excluding carboxylic acids is 1. The maximum absolute atomic E-state index is 11.8. The minimum absolute atomic E-state index is 0.398. The molecular weight excluding hydrogens is 390 g/mol. The van der Waals surface area contributed by atoms with E-state index in [0.717, 1.165) is 48.4 Å². The molecule has 0 saturated carbocycles. The number of amides is 1. The number of nitrogens with two attached hydrogens (primary N) is 1. The van der Waals surface area contributed by atoms with Crippen molar-refractivity contribution in [1.29, 1.82) is 0 Å². The minimum atomic E-state index is -0.502. The molecule has 0 saturated heterocycles. The van der Waals surface area contributed by atoms with E-state index >= 15 is 0 Å². The van der Waals surface area contributed by atoms with Crippen LogP contribution >= 0.6 is 0 Å². The molecule has 5 rings (SSSR count). The average Bonchev–Trinajstić information content (AvgIpc) is 3.08. The van der Waals surface area contributed by atoms with Crippen LogP contribution in [0.2, 0.25) is 0 Å². The smallest absolute Gasteiger partial charge is 0.250 e. The lowest BCUT2D eigenvalue weighted by molar-refractivity contribution is 0.100. The van der Waals surface area contributed by atoms with Crippen molar-refractivity contribution in [3.05, 3.63) is 65.4 Å². The summed E-state index contributed by atoms with van der Waals surface area (Å²) >= 11 is 0. The van der Waals surface area contributed by atoms with Crippen LogP contribution in [0.5, 0.6) is 0 Å². The third kappa shape index (κ3) is 3.68. The van der Waals surface area contributed by atoms with Gasteiger partial charge in [-0.25, -0.2) is 9.97 Å². The number of hydrogen-bond donors (Lipinski definition) is 4. The molecular formula is C23H23N7O. The number of aromatic nitrogens is 4. The molecule has 1 aliphatic heterocycles. The van der Waals surface area contributed by atoms with Gasteiger partial charge in [0.1, 0.15) is 5.69 Å². The van der Waals surface area contributed by atoms with E-state index in [2.05, 4.69) is 33.0 Å². The standard InChI is InChI=1S/C23H23N7O/c24-21(31)16-10-6-9-15-18(16)29-30-19(15)23-27-17-11-4-5-12-25-20(17)22(28-23)26-13-14-7-2-1-3-8-14/h1-3,6-10,25H,4-5,11-13H2,(H2,24,31)(H,29,30)(H,26,27,28). The third-order valence-electron chi connectivity index (χ3n) is 5.51. The zero-order chi connectivity index (χ0) is 21.2. The van der Waals surface area contributed by atoms with Crippen molar-refractivity contribution in [1.82, 2.24) is 20.2 Å². The number of nitrogens with one attached hydrogen (secondary N) is 3. The van der Waals surface area contributed by atoms with Crippen molar-refractivity contribution < 1.29 is 4.79 Å². The predicted octanol–water partition coefficient (Wildman–Crippen LogP) is 3.48. The Balaban J connectivity index is 1.59. The molecule has 31 heavy (non-hydrogen) atoms. The lowest BCUT2D eigenvalue weighted by Crippen LogP contribution is -2.11. The van der Waals surface area contributed by atoms with Gasteiger partial charge in [-0.2, -0.15) is 5.10 Å². The lowest BCUT2D eigenvalue weighted by atomic mass is 10.1. The monoisotopic (exact) mass is 413 g/mol. The van der Waals surface area contributed by atoms with E-state index < -0.39 is 5.91 Å². The normalized spacial score (nSPS) is 13.3. The number of anilines is 2. The van der Waals surface area contributed by atoms with E-state index in [1.165, 1.54) is 5.56 Å². The number of H-pyrrole nitrogens is 1. The van der Waals surface area contributed by atoms with E-state index in [4.69, 9.17) is 15.7 Å². The van der Waals surface area contributed by atoms with Crippen LogP contribution < -0.4 is 16.4 Å². The Bertz CT molecular complexity index is 1250. The van der Waals surface area contributed by atoms with Crippen molar-refractivity contribution in [2.24, 2.45) is 5.73 Å². The van der Waals surface area contributed by atoms with Gasteiger partial charge in [-0.05, 0) is 30.9 Å². The average molecular weight is 413 g/mol. The van der Waals surface area contributed by atoms with Gasteiger partial charge >= 0.3 is 0 Å². The topological polar surface area (TPSA) is 122 Å². The zero-order valence-electron chi connectivity index (χ0n) is 17.0. The lowest BCUT2D eigenvalue weighted by Gasteiger charge is -2.15. The van der Waals surface area contributed by atoms with Gasteiger partial charge in [0.15, 0.2) is 11.6 Å². The Morgan fingerprint density at radius 2 is 1.94 bits per heavy atom. The predicted molar refractivity (Wildman–Crippen MR) is 121 cm³/mol. The van der Waals surface area contributed by atoms with Gasteiger partial charge in [-0.15, -0.1) is 0 Å². The van der Waals surface area contributed by atoms with E-state index in [1.807, 2.05) is 24.3 Å². The molecule has 1 aliphatic rings. The van der Waals surface area contributed by atoms with Gasteiger partial charge in [0.05, 0.1) is 22.5 Å². The van der Waals surface area contributed by atoms with Gasteiger partial charge < -0.3 is 16.4 Å². The van der Waals surface area contributed by atoms with Gasteiger partial charge in [0.25, 0.3) is 5.91 Å². The number of aryl methyl sites for hydroxylation is 1. The first-order chi connectivity index (χ1) is 15.2. The fraction of sp³-hybridized carbons (Fsp3) is 0.217. The van der Waals surface area contributed by atoms with Gasteiger partial charge in [-0.3, -0.25) is 9.89 Å². The number of carbonyl (C=O) groups is 1. The number of fused-ring (bicyclic) bond motifs is 2. The summed E-state index contributed by atoms with van der Waals surface area (Å²) in [4.78, 5) is 21.5. The molecule has 0 radical (unpaired) electrons. The summed E-state index contributed by atoms with van der Waals surface area (Å²) in [6.07, 6.45) is 3.01. The fourth-order valence-electron chi connectivity index (χ4n) is 3.94. The maximum Gasteiger partial charge on any atom is 0.250 e. The summed E-state index contributed by atoms with van der Waals surface area (Å²) in [6.45, 7) is 1.54. The molecule has 0 unspecified atom stereocenters. The molecule has 0 atom stereocenters. The number of aromatic amines is 1. The highest BCUT2D eigenvalue weighted by atomic mass is 16.1. The first-order valence-corrected chi connectivity index (χ1v) is 10.4. The second-order valence-electron chi connectivity index (χ2n) is 7.61. The van der Waals surface area contributed by atoms with E-state index in [9.17, 15) is 4.79 Å². The Hall–Kier alpha value is -3.94. The van der Waals surface area contributed by atoms with Gasteiger partial charge in [0.2, 0.25) is 0 Å². The van der Waals surface area contributed by atoms with Crippen LogP contribution in [-0.2, 0) is 13.0 Å². The second-order valence-corrected chi connectivity index (χ2v) is 7.61. The maximum atomic E-state index is 11.8. The quantitative estimate of drug-likeness (QED) is 0.397. The first-order valence-electron chi connectivity index (χ1n) is 10.4. The van der Waals surface area contributed by atoms with Gasteiger partial charge in [-0.1, -0.05) is 42.5 Å². The van der Waals surface area contributed by atoms with Crippen molar-refractivity contribution in [3.63, 3.8) is 0 Å². The van der Waals surface area contributed by atoms with Crippen LogP contribution in [0.4, 0.5) is 11.5 Å². The van der Waals surface area contributed by atoms with E-state index in [1.54, 1.807) is 12.1 Å². The van der Waals surface area contributed by atoms with Crippen LogP contribution in [0.3, 0.4) is 0 Å². The van der Waals surface area contributed by atoms with E-state index in [-0.39, 0.29) is 0 Å². The molecule has 156 valence electrons. The SMILES string of the molecule is NC(=O)c1cccc2c(-c3nc4c(c(NCc5ccccc5)n3)NCCCC4)n[nH]c12. The summed E-state index contributed by atoms with van der Waals surface area (Å²) in [6, 6.07) is 15.6. The molecule has 8 heteroatoms. The first kappa shape index (κ1) is 19.0.